The molecule has 0 bridgehead atoms. The van der Waals surface area contributed by atoms with Crippen molar-refractivity contribution in [1.29, 1.82) is 0 Å². The summed E-state index contributed by atoms with van der Waals surface area (Å²) in [7, 11) is 0. The second-order valence-corrected chi connectivity index (χ2v) is 22.4. The predicted molar refractivity (Wildman–Crippen MR) is 303 cm³/mol. The fourth-order valence-electron chi connectivity index (χ4n) is 9.22. The first kappa shape index (κ1) is 66.1. The summed E-state index contributed by atoms with van der Waals surface area (Å²) in [6.45, 7) is 28.4. The second-order valence-electron chi connectivity index (χ2n) is 22.4. The number of benzene rings is 3. The van der Waals surface area contributed by atoms with Crippen molar-refractivity contribution in [3.05, 3.63) is 158 Å². The number of aliphatic imine (C=N–C) groups is 1. The third-order valence-electron chi connectivity index (χ3n) is 14.1. The number of alkyl carbamates (subject to hydrolysis) is 2. The molecule has 1 saturated heterocycles. The molecule has 3 aromatic rings. The van der Waals surface area contributed by atoms with E-state index in [1.54, 1.807) is 72.8 Å². The summed E-state index contributed by atoms with van der Waals surface area (Å²) in [5.41, 5.74) is 3.31. The molecule has 1 heterocycles. The molecule has 8 rings (SSSR count). The van der Waals surface area contributed by atoms with Gasteiger partial charge in [0.05, 0.1) is 24.3 Å². The Bertz CT molecular complexity index is 2830. The zero-order chi connectivity index (χ0) is 59.4. The monoisotopic (exact) mass is 1160 g/mol. The number of amides is 3. The fraction of sp³-hybridized carbons (Fsp3) is 0.443. The van der Waals surface area contributed by atoms with E-state index in [0.717, 1.165) is 24.9 Å². The summed E-state index contributed by atoms with van der Waals surface area (Å²) in [6.07, 6.45) is 8.62. The van der Waals surface area contributed by atoms with Gasteiger partial charge >= 0.3 is 36.1 Å². The second kappa shape index (κ2) is 27.4. The number of esters is 1. The Kier molecular flexibility index (Phi) is 22.3. The normalized spacial score (nSPS) is 26.5. The van der Waals surface area contributed by atoms with Crippen LogP contribution < -0.4 is 16.4 Å². The molecular formula is C61H77N6NiO13-. The van der Waals surface area contributed by atoms with Crippen molar-refractivity contribution in [3.8, 4) is 0 Å². The topological polar surface area (TPSA) is 288 Å². The molecule has 3 amide bonds. The third-order valence-corrected chi connectivity index (χ3v) is 14.1. The van der Waals surface area contributed by atoms with E-state index in [1.165, 1.54) is 11.6 Å². The number of nitrogens with zero attached hydrogens (tertiary/aromatic N) is 3. The molecule has 2 unspecified atom stereocenters. The van der Waals surface area contributed by atoms with Gasteiger partial charge in [0.15, 0.2) is 5.54 Å². The first-order valence-corrected chi connectivity index (χ1v) is 26.6. The van der Waals surface area contributed by atoms with E-state index in [1.807, 2.05) is 66.7 Å². The fourth-order valence-corrected chi connectivity index (χ4v) is 9.22. The van der Waals surface area contributed by atoms with Gasteiger partial charge in [0, 0.05) is 52.3 Å². The minimum absolute atomic E-state index is 0. The van der Waals surface area contributed by atoms with Crippen LogP contribution in [0, 0.1) is 23.7 Å². The Labute approximate surface area is 484 Å². The number of rotatable bonds is 18. The van der Waals surface area contributed by atoms with Crippen LogP contribution in [0.5, 0.6) is 0 Å². The standard InChI is InChI=1S/C31H31N3O3.C13H21NO4.C11H17NO4.C6H9NO2.Ni/c1-2-24-20-31(24,30(36)37)33-28(23-14-7-4-8-15-23)25-16-9-10-17-26(25)32-29(35)27-18-11-19-34(27)21-22-12-5-3-6-13-22;1-6-9-8-13(9,10(15)17-7-2)14-11(16)18-12(3,4)5;1-5-7-6-11(7,8(13)14)12-9(15)16-10(2,3)4;1-2-4-3-6(4,7)5(8)9;/h2-10,12-17,24,27H,1,11,18-21H2,(H2,32,33,35,36,37);6,9H,1,7-8H2,2-5H3,(H,14,16);5,7H,1,6H2,2-4H3,(H,12,15)(H,13,14);2,4H,1,3,7H2,(H,8,9);/p-1/t24-,27?,31?;9-,13-;7-,11-;4-,6-;/m1000./s1. The average molecular weight is 1160 g/mol. The molecule has 5 fully saturated rings. The van der Waals surface area contributed by atoms with Crippen molar-refractivity contribution in [2.75, 3.05) is 13.2 Å². The van der Waals surface area contributed by atoms with Crippen LogP contribution in [0.3, 0.4) is 0 Å². The molecule has 5 aliphatic rings. The number of nitrogens with one attached hydrogen (secondary N) is 2. The maximum atomic E-state index is 13.5. The van der Waals surface area contributed by atoms with Gasteiger partial charge < -0.3 is 56.0 Å². The number of ether oxygens (including phenoxy) is 3. The molecule has 0 spiro atoms. The number of para-hydroxylation sites is 1. The van der Waals surface area contributed by atoms with Gasteiger partial charge in [-0.1, -0.05) is 109 Å². The molecule has 3 aromatic carbocycles. The van der Waals surface area contributed by atoms with Crippen LogP contribution in [0.4, 0.5) is 15.3 Å². The van der Waals surface area contributed by atoms with E-state index < -0.39 is 69.4 Å². The molecule has 0 aromatic heterocycles. The Morgan fingerprint density at radius 3 is 1.64 bits per heavy atom. The van der Waals surface area contributed by atoms with Crippen LogP contribution in [0.25, 0.3) is 5.32 Å². The van der Waals surface area contributed by atoms with Crippen LogP contribution in [0.15, 0.2) is 141 Å². The number of likely N-dealkylation sites (tertiary alicyclic amines) is 1. The Morgan fingerprint density at radius 1 is 0.691 bits per heavy atom. The zero-order valence-electron chi connectivity index (χ0n) is 47.1. The molecule has 0 radical (unpaired) electrons. The number of carbonyl (C=O) groups is 7. The summed E-state index contributed by atoms with van der Waals surface area (Å²) < 4.78 is 15.1. The van der Waals surface area contributed by atoms with Crippen molar-refractivity contribution in [3.63, 3.8) is 0 Å². The maximum absolute atomic E-state index is 13.5. The summed E-state index contributed by atoms with van der Waals surface area (Å²) in [5, 5.41) is 37.1. The number of carbonyl (C=O) groups excluding carboxylic acids is 4. The first-order valence-electron chi connectivity index (χ1n) is 26.6. The van der Waals surface area contributed by atoms with Gasteiger partial charge in [-0.2, -0.15) is 0 Å². The molecule has 81 heavy (non-hydrogen) atoms. The Balaban J connectivity index is 0.000000267. The number of aliphatic carboxylic acids is 3. The minimum atomic E-state index is -1.25. The molecule has 9 atom stereocenters. The summed E-state index contributed by atoms with van der Waals surface area (Å²) in [5.74, 6) is -4.14. The van der Waals surface area contributed by atoms with Crippen molar-refractivity contribution >= 4 is 53.4 Å². The minimum Gasteiger partial charge on any atom is -0.625 e. The van der Waals surface area contributed by atoms with Gasteiger partial charge in [-0.15, -0.1) is 32.0 Å². The molecule has 1 aliphatic heterocycles. The summed E-state index contributed by atoms with van der Waals surface area (Å²) >= 11 is 0. The van der Waals surface area contributed by atoms with Crippen molar-refractivity contribution in [1.82, 2.24) is 15.5 Å². The molecule has 440 valence electrons. The molecule has 20 heteroatoms. The van der Waals surface area contributed by atoms with Crippen molar-refractivity contribution in [2.24, 2.45) is 34.4 Å². The van der Waals surface area contributed by atoms with Crippen LogP contribution in [0.2, 0.25) is 0 Å². The quantitative estimate of drug-likeness (QED) is 0.0227. The van der Waals surface area contributed by atoms with Crippen LogP contribution in [0.1, 0.15) is 104 Å². The smallest absolute Gasteiger partial charge is 0.408 e. The van der Waals surface area contributed by atoms with E-state index in [2.05, 4.69) is 59.3 Å². The summed E-state index contributed by atoms with van der Waals surface area (Å²) in [6, 6.07) is 26.7. The molecular weight excluding hydrogens is 1080 g/mol. The average Bonchev–Trinajstić information content (AvgIpc) is 4.37. The van der Waals surface area contributed by atoms with Gasteiger partial charge in [-0.3, -0.25) is 14.7 Å². The number of hydrogen-bond donors (Lipinski definition) is 6. The van der Waals surface area contributed by atoms with E-state index in [4.69, 9.17) is 35.1 Å². The van der Waals surface area contributed by atoms with Crippen LogP contribution in [-0.2, 0) is 61.2 Å². The van der Waals surface area contributed by atoms with Gasteiger partial charge in [-0.25, -0.2) is 24.0 Å². The van der Waals surface area contributed by atoms with Crippen LogP contribution >= 0.6 is 0 Å². The van der Waals surface area contributed by atoms with Crippen molar-refractivity contribution in [2.45, 2.75) is 133 Å². The number of nitrogens with two attached hydrogens (primary N) is 1. The van der Waals surface area contributed by atoms with Gasteiger partial charge in [0.1, 0.15) is 27.8 Å². The zero-order valence-corrected chi connectivity index (χ0v) is 48.1. The van der Waals surface area contributed by atoms with E-state index in [0.29, 0.717) is 49.2 Å². The third kappa shape index (κ3) is 17.1. The first-order chi connectivity index (χ1) is 37.6. The van der Waals surface area contributed by atoms with Crippen LogP contribution in [-0.4, -0.2) is 120 Å². The maximum Gasteiger partial charge on any atom is 0.408 e. The number of hydrogen-bond acceptors (Lipinski definition) is 13. The predicted octanol–water partition coefficient (Wildman–Crippen LogP) is 9.28. The van der Waals surface area contributed by atoms with E-state index in [9.17, 15) is 38.7 Å². The van der Waals surface area contributed by atoms with E-state index >= 15 is 0 Å². The number of carboxylic acids is 3. The van der Waals surface area contributed by atoms with Gasteiger partial charge in [0.25, 0.3) is 0 Å². The molecule has 7 N–H and O–H groups in total. The van der Waals surface area contributed by atoms with Gasteiger partial charge in [-0.05, 0) is 105 Å². The molecule has 4 saturated carbocycles. The SMILES string of the molecule is C=C[C@@H]1CC1(N=C(c1ccccc1)c1ccccc1[N-]C(=O)C1CCCN1Cc1ccccc1)C(=O)O.C=C[C@H]1C[C@@]1(N)C(=O)O.C=C[C@H]1C[C@@]1(NC(=O)OC(C)(C)C)C(=O)O.C=C[C@H]1C[C@@]1(NC(=O)OC(C)(C)C)C(=O)OCC.[Ni]. The largest absolute Gasteiger partial charge is 0.625 e. The van der Waals surface area contributed by atoms with Crippen molar-refractivity contribution < 1.29 is 79.6 Å². The summed E-state index contributed by atoms with van der Waals surface area (Å²) in [4.78, 5) is 89.0. The molecule has 19 nitrogen and oxygen atoms in total. The molecule has 4 aliphatic carbocycles. The van der Waals surface area contributed by atoms with E-state index in [-0.39, 0.29) is 58.7 Å². The number of carboxylic acid groups (broad SMARTS) is 3. The Hall–Kier alpha value is -7.41. The Morgan fingerprint density at radius 2 is 1.20 bits per heavy atom. The van der Waals surface area contributed by atoms with Gasteiger partial charge in [0.2, 0.25) is 0 Å².